The fourth-order valence-electron chi connectivity index (χ4n) is 1.81. The summed E-state index contributed by atoms with van der Waals surface area (Å²) in [5, 5.41) is 0. The topological polar surface area (TPSA) is 38.5 Å². The molecule has 1 atom stereocenters. The van der Waals surface area contributed by atoms with Gasteiger partial charge in [-0.2, -0.15) is 0 Å². The molecule has 1 aromatic rings. The van der Waals surface area contributed by atoms with Crippen molar-refractivity contribution >= 4 is 5.69 Å². The third kappa shape index (κ3) is 1.89. The van der Waals surface area contributed by atoms with Gasteiger partial charge < -0.3 is 15.4 Å². The zero-order valence-electron chi connectivity index (χ0n) is 8.23. The maximum Gasteiger partial charge on any atom is 0.0683 e. The first-order valence-electron chi connectivity index (χ1n) is 5.01. The first kappa shape index (κ1) is 9.49. The lowest BCUT2D eigenvalue weighted by Crippen LogP contribution is -2.49. The van der Waals surface area contributed by atoms with Crippen molar-refractivity contribution in [1.29, 1.82) is 0 Å². The largest absolute Gasteiger partial charge is 0.377 e. The molecule has 3 nitrogen and oxygen atoms in total. The molecule has 1 fully saturated rings. The van der Waals surface area contributed by atoms with E-state index in [1.165, 1.54) is 5.69 Å². The van der Waals surface area contributed by atoms with E-state index < -0.39 is 0 Å². The van der Waals surface area contributed by atoms with Gasteiger partial charge in [0.25, 0.3) is 0 Å². The van der Waals surface area contributed by atoms with Gasteiger partial charge in [-0.1, -0.05) is 18.2 Å². The monoisotopic (exact) mass is 192 g/mol. The number of hydrogen-bond donors (Lipinski definition) is 1. The average Bonchev–Trinajstić information content (AvgIpc) is 2.30. The SMILES string of the molecule is NC[C@@H]1COCCN1c1ccccc1. The summed E-state index contributed by atoms with van der Waals surface area (Å²) in [4.78, 5) is 2.32. The Bertz CT molecular complexity index is 276. The molecule has 0 aliphatic carbocycles. The molecule has 0 amide bonds. The van der Waals surface area contributed by atoms with Crippen molar-refractivity contribution in [3.05, 3.63) is 30.3 Å². The third-order valence-electron chi connectivity index (χ3n) is 2.59. The van der Waals surface area contributed by atoms with Gasteiger partial charge in [-0.15, -0.1) is 0 Å². The Labute approximate surface area is 84.5 Å². The van der Waals surface area contributed by atoms with Gasteiger partial charge in [0.2, 0.25) is 0 Å². The second-order valence-electron chi connectivity index (χ2n) is 3.49. The van der Waals surface area contributed by atoms with Crippen molar-refractivity contribution in [2.75, 3.05) is 31.2 Å². The summed E-state index contributed by atoms with van der Waals surface area (Å²) in [6.45, 7) is 3.12. The molecule has 2 N–H and O–H groups in total. The molecule has 3 heteroatoms. The lowest BCUT2D eigenvalue weighted by molar-refractivity contribution is 0.0963. The van der Waals surface area contributed by atoms with E-state index in [4.69, 9.17) is 10.5 Å². The third-order valence-corrected chi connectivity index (χ3v) is 2.59. The van der Waals surface area contributed by atoms with Crippen LogP contribution in [0.2, 0.25) is 0 Å². The van der Waals surface area contributed by atoms with Crippen LogP contribution in [0.3, 0.4) is 0 Å². The van der Waals surface area contributed by atoms with E-state index in [0.29, 0.717) is 12.6 Å². The highest BCUT2D eigenvalue weighted by Crippen LogP contribution is 2.18. The van der Waals surface area contributed by atoms with E-state index in [9.17, 15) is 0 Å². The smallest absolute Gasteiger partial charge is 0.0683 e. The number of benzene rings is 1. The number of para-hydroxylation sites is 1. The predicted octanol–water partition coefficient (Wildman–Crippen LogP) is 0.850. The van der Waals surface area contributed by atoms with Gasteiger partial charge in [0, 0.05) is 18.8 Å². The summed E-state index contributed by atoms with van der Waals surface area (Å²) >= 11 is 0. The first-order chi connectivity index (χ1) is 6.92. The Hall–Kier alpha value is -1.06. The zero-order chi connectivity index (χ0) is 9.80. The standard InChI is InChI=1S/C11H16N2O/c12-8-11-9-14-7-6-13(11)10-4-2-1-3-5-10/h1-5,11H,6-9,12H2/t11-/m1/s1. The fraction of sp³-hybridized carbons (Fsp3) is 0.455. The van der Waals surface area contributed by atoms with Crippen LogP contribution in [0.15, 0.2) is 30.3 Å². The highest BCUT2D eigenvalue weighted by Gasteiger charge is 2.21. The van der Waals surface area contributed by atoms with Crippen LogP contribution in [0, 0.1) is 0 Å². The predicted molar refractivity (Wildman–Crippen MR) is 57.4 cm³/mol. The summed E-state index contributed by atoms with van der Waals surface area (Å²) in [5.74, 6) is 0. The Morgan fingerprint density at radius 3 is 2.86 bits per heavy atom. The Kier molecular flexibility index (Phi) is 3.01. The molecule has 14 heavy (non-hydrogen) atoms. The molecule has 1 aromatic carbocycles. The van der Waals surface area contributed by atoms with Crippen LogP contribution in [0.1, 0.15) is 0 Å². The number of anilines is 1. The van der Waals surface area contributed by atoms with Crippen molar-refractivity contribution in [1.82, 2.24) is 0 Å². The fourth-order valence-corrected chi connectivity index (χ4v) is 1.81. The molecule has 0 spiro atoms. The van der Waals surface area contributed by atoms with Gasteiger partial charge in [-0.3, -0.25) is 0 Å². The van der Waals surface area contributed by atoms with Crippen LogP contribution in [-0.2, 0) is 4.74 Å². The van der Waals surface area contributed by atoms with Crippen LogP contribution in [0.25, 0.3) is 0 Å². The quantitative estimate of drug-likeness (QED) is 0.755. The van der Waals surface area contributed by atoms with E-state index >= 15 is 0 Å². The van der Waals surface area contributed by atoms with Crippen LogP contribution >= 0.6 is 0 Å². The van der Waals surface area contributed by atoms with Crippen LogP contribution in [0.5, 0.6) is 0 Å². The van der Waals surface area contributed by atoms with Crippen LogP contribution in [0.4, 0.5) is 5.69 Å². The maximum absolute atomic E-state index is 5.71. The number of morpholine rings is 1. The molecule has 1 aliphatic rings. The summed E-state index contributed by atoms with van der Waals surface area (Å²) in [7, 11) is 0. The molecular formula is C11H16N2O. The highest BCUT2D eigenvalue weighted by molar-refractivity contribution is 5.47. The highest BCUT2D eigenvalue weighted by atomic mass is 16.5. The molecule has 1 saturated heterocycles. The normalized spacial score (nSPS) is 22.4. The molecule has 0 bridgehead atoms. The van der Waals surface area contributed by atoms with Crippen molar-refractivity contribution in [3.63, 3.8) is 0 Å². The number of nitrogens with two attached hydrogens (primary N) is 1. The molecule has 0 saturated carbocycles. The van der Waals surface area contributed by atoms with E-state index in [0.717, 1.165) is 19.8 Å². The van der Waals surface area contributed by atoms with Crippen molar-refractivity contribution in [3.8, 4) is 0 Å². The summed E-state index contributed by atoms with van der Waals surface area (Å²) < 4.78 is 5.40. The van der Waals surface area contributed by atoms with Crippen LogP contribution < -0.4 is 10.6 Å². The summed E-state index contributed by atoms with van der Waals surface area (Å²) in [6, 6.07) is 10.7. The van der Waals surface area contributed by atoms with Gasteiger partial charge in [-0.25, -0.2) is 0 Å². The Balaban J connectivity index is 2.15. The van der Waals surface area contributed by atoms with Gasteiger partial charge in [0.15, 0.2) is 0 Å². The van der Waals surface area contributed by atoms with Crippen molar-refractivity contribution < 1.29 is 4.74 Å². The van der Waals surface area contributed by atoms with E-state index in [-0.39, 0.29) is 0 Å². The van der Waals surface area contributed by atoms with Crippen LogP contribution in [-0.4, -0.2) is 32.3 Å². The van der Waals surface area contributed by atoms with E-state index in [1.807, 2.05) is 6.07 Å². The molecule has 1 heterocycles. The molecule has 0 aromatic heterocycles. The van der Waals surface area contributed by atoms with Gasteiger partial charge in [-0.05, 0) is 12.1 Å². The Morgan fingerprint density at radius 1 is 1.36 bits per heavy atom. The van der Waals surface area contributed by atoms with Gasteiger partial charge >= 0.3 is 0 Å². The summed E-state index contributed by atoms with van der Waals surface area (Å²) in [6.07, 6.45) is 0. The summed E-state index contributed by atoms with van der Waals surface area (Å²) in [5.41, 5.74) is 6.95. The Morgan fingerprint density at radius 2 is 2.14 bits per heavy atom. The van der Waals surface area contributed by atoms with Crippen molar-refractivity contribution in [2.24, 2.45) is 5.73 Å². The minimum absolute atomic E-state index is 0.325. The molecule has 2 rings (SSSR count). The van der Waals surface area contributed by atoms with Gasteiger partial charge in [0.1, 0.15) is 0 Å². The molecule has 1 aliphatic heterocycles. The molecule has 0 radical (unpaired) electrons. The zero-order valence-corrected chi connectivity index (χ0v) is 8.23. The second-order valence-corrected chi connectivity index (χ2v) is 3.49. The maximum atomic E-state index is 5.71. The number of nitrogens with zero attached hydrogens (tertiary/aromatic N) is 1. The second kappa shape index (κ2) is 4.44. The van der Waals surface area contributed by atoms with E-state index in [1.54, 1.807) is 0 Å². The number of ether oxygens (including phenoxy) is 1. The number of hydrogen-bond acceptors (Lipinski definition) is 3. The first-order valence-corrected chi connectivity index (χ1v) is 5.01. The minimum atomic E-state index is 0.325. The van der Waals surface area contributed by atoms with Gasteiger partial charge in [0.05, 0.1) is 19.3 Å². The number of rotatable bonds is 2. The van der Waals surface area contributed by atoms with Crippen molar-refractivity contribution in [2.45, 2.75) is 6.04 Å². The lowest BCUT2D eigenvalue weighted by atomic mass is 10.2. The molecule has 76 valence electrons. The minimum Gasteiger partial charge on any atom is -0.377 e. The molecule has 0 unspecified atom stereocenters. The van der Waals surface area contributed by atoms with E-state index in [2.05, 4.69) is 29.2 Å². The lowest BCUT2D eigenvalue weighted by Gasteiger charge is -2.36. The average molecular weight is 192 g/mol. The molecular weight excluding hydrogens is 176 g/mol.